The lowest BCUT2D eigenvalue weighted by Crippen LogP contribution is -2.35. The van der Waals surface area contributed by atoms with Gasteiger partial charge in [-0.15, -0.1) is 0 Å². The van der Waals surface area contributed by atoms with Crippen LogP contribution >= 0.6 is 11.6 Å². The van der Waals surface area contributed by atoms with E-state index in [0.717, 1.165) is 84.9 Å². The van der Waals surface area contributed by atoms with Crippen molar-refractivity contribution in [1.82, 2.24) is 34.4 Å². The highest BCUT2D eigenvalue weighted by Gasteiger charge is 2.40. The van der Waals surface area contributed by atoms with E-state index in [-0.39, 0.29) is 37.1 Å². The lowest BCUT2D eigenvalue weighted by Gasteiger charge is -2.31. The maximum absolute atomic E-state index is 13.5. The normalized spacial score (nSPS) is 13.7. The zero-order chi connectivity index (χ0) is 72.7. The Morgan fingerprint density at radius 1 is 0.830 bits per heavy atom. The summed E-state index contributed by atoms with van der Waals surface area (Å²) in [6, 6.07) is 40.4. The van der Waals surface area contributed by atoms with Gasteiger partial charge in [0.15, 0.2) is 0 Å². The fourth-order valence-corrected chi connectivity index (χ4v) is 12.2. The van der Waals surface area contributed by atoms with E-state index in [2.05, 4.69) is 75.6 Å². The second-order valence-corrected chi connectivity index (χ2v) is 26.5. The summed E-state index contributed by atoms with van der Waals surface area (Å²) in [4.78, 5) is 66.7. The number of esters is 2. The molecular formula is C75H83ClFN9O13S. The van der Waals surface area contributed by atoms with Gasteiger partial charge in [-0.05, 0) is 122 Å². The molecule has 10 rings (SSSR count). The minimum absolute atomic E-state index is 0.0601. The predicted molar refractivity (Wildman–Crippen MR) is 384 cm³/mol. The number of nitrogens with zero attached hydrogens (tertiary/aromatic N) is 7. The fourth-order valence-electron chi connectivity index (χ4n) is 11.6. The first-order chi connectivity index (χ1) is 47.7. The average Bonchev–Trinajstić information content (AvgIpc) is 1.75. The molecule has 100 heavy (non-hydrogen) atoms. The number of carboxylic acid groups (broad SMARTS) is 2. The molecule has 4 heterocycles. The fraction of sp³-hybridized carbons (Fsp3) is 0.307. The quantitative estimate of drug-likeness (QED) is 0.0229. The maximum Gasteiger partial charge on any atom is 0.336 e. The Kier molecular flexibility index (Phi) is 25.9. The molecule has 25 heteroatoms. The van der Waals surface area contributed by atoms with Crippen LogP contribution in [0.2, 0.25) is 5.02 Å². The molecule has 6 aromatic carbocycles. The number of sulfonamides is 1. The number of hydrogen-bond donors (Lipinski definition) is 6. The highest BCUT2D eigenvalue weighted by Crippen LogP contribution is 2.42. The molecule has 7 N–H and O–H groups in total. The number of aliphatic hydroxyl groups is 2. The Bertz CT molecular complexity index is 4670. The number of nitrogens with one attached hydrogen (secondary N) is 1. The number of para-hydroxylation sites is 2. The van der Waals surface area contributed by atoms with E-state index in [9.17, 15) is 47.3 Å². The van der Waals surface area contributed by atoms with Crippen LogP contribution in [0.5, 0.6) is 0 Å². The highest BCUT2D eigenvalue weighted by molar-refractivity contribution is 7.92. The Morgan fingerprint density at radius 3 is 2.13 bits per heavy atom. The SMILES string of the molecule is CC(C)c1nc(N(C)S(C)(=O)=O)nc(-c2ccc(F)cc2)c1/C=C/[C@@H](O)C[C@@H](O)CC(=O)O.CCCc1nc2c(C)cc(-c3nc4ccccc4n3C)cc2n1Cc1ccc(-c2ccccc2C(=O)O)cc1.CCOC(=O)C1=C(COCCN)NC(C)=C(C(=O)OC)C1c1ccccc1Cl. The van der Waals surface area contributed by atoms with Crippen molar-refractivity contribution < 1.29 is 66.6 Å². The minimum Gasteiger partial charge on any atom is -0.481 e. The van der Waals surface area contributed by atoms with Crippen LogP contribution in [0, 0.1) is 12.7 Å². The number of fused-ring (bicyclic) bond motifs is 2. The number of aromatic nitrogens is 6. The second kappa shape index (κ2) is 34.2. The number of anilines is 1. The molecule has 22 nitrogen and oxygen atoms in total. The summed E-state index contributed by atoms with van der Waals surface area (Å²) in [7, 11) is 1.03. The predicted octanol–water partition coefficient (Wildman–Crippen LogP) is 11.9. The number of carboxylic acids is 2. The zero-order valence-corrected chi connectivity index (χ0v) is 58.9. The number of aliphatic carboxylic acids is 1. The van der Waals surface area contributed by atoms with E-state index in [0.29, 0.717) is 75.3 Å². The molecule has 0 saturated carbocycles. The molecule has 0 saturated heterocycles. The van der Waals surface area contributed by atoms with Gasteiger partial charge in [0, 0.05) is 67.4 Å². The molecule has 526 valence electrons. The van der Waals surface area contributed by atoms with Crippen molar-refractivity contribution in [2.75, 3.05) is 51.1 Å². The second-order valence-electron chi connectivity index (χ2n) is 24.1. The number of imidazole rings is 2. The number of allylic oxidation sites excluding steroid dienone is 1. The summed E-state index contributed by atoms with van der Waals surface area (Å²) in [6.07, 6.45) is 2.75. The molecule has 0 aliphatic carbocycles. The van der Waals surface area contributed by atoms with E-state index in [1.54, 1.807) is 50.2 Å². The summed E-state index contributed by atoms with van der Waals surface area (Å²) >= 11 is 6.42. The maximum atomic E-state index is 13.5. The first kappa shape index (κ1) is 75.8. The molecule has 0 spiro atoms. The van der Waals surface area contributed by atoms with E-state index in [1.807, 2.05) is 56.3 Å². The van der Waals surface area contributed by atoms with Crippen molar-refractivity contribution in [3.05, 3.63) is 212 Å². The number of aliphatic hydroxyl groups excluding tert-OH is 2. The Morgan fingerprint density at radius 2 is 1.50 bits per heavy atom. The van der Waals surface area contributed by atoms with Gasteiger partial charge >= 0.3 is 23.9 Å². The number of halogens is 2. The average molecular weight is 1410 g/mol. The van der Waals surface area contributed by atoms with Crippen LogP contribution in [0.4, 0.5) is 10.3 Å². The summed E-state index contributed by atoms with van der Waals surface area (Å²) in [5.41, 5.74) is 19.0. The lowest BCUT2D eigenvalue weighted by atomic mass is 9.80. The zero-order valence-electron chi connectivity index (χ0n) is 57.4. The number of carbonyl (C=O) groups excluding carboxylic acids is 2. The van der Waals surface area contributed by atoms with Gasteiger partial charge in [0.25, 0.3) is 0 Å². The van der Waals surface area contributed by atoms with Crippen molar-refractivity contribution in [3.8, 4) is 33.8 Å². The number of nitrogens with two attached hydrogens (primary N) is 1. The molecule has 0 amide bonds. The standard InChI is InChI=1S/C33H30N4O2.C22H28FN3O6S.C20H25ClN2O5/c1-4-9-30-35-31-21(2)18-24(32-34-27-12-7-8-13-28(27)36(32)3)19-29(31)37(30)20-22-14-16-23(17-15-22)25-10-5-6-11-26(25)33(38)39;1-13(2)20-18(10-9-16(27)11-17(28)12-19(29)30)21(14-5-7-15(23)8-6-14)25-22(24-20)26(3)33(4,31)32;1-4-28-20(25)18-15(11-27-10-9-22)23-12(2)16(19(24)26-3)17(18)13-7-5-6-8-14(13)21/h5-8,10-19H,4,9,20H2,1-3H3,(H,38,39);5-10,13,16-17,27-28H,11-12H2,1-4H3,(H,29,30);5-8,17,23H,4,9-11,22H2,1-3H3/b;10-9+;/t;16-,17-;/m.1./s1. The van der Waals surface area contributed by atoms with Crippen LogP contribution in [-0.4, -0.2) is 141 Å². The van der Waals surface area contributed by atoms with Crippen molar-refractivity contribution in [2.45, 2.75) is 97.8 Å². The monoisotopic (exact) mass is 1400 g/mol. The highest BCUT2D eigenvalue weighted by atomic mass is 35.5. The molecule has 1 aliphatic heterocycles. The van der Waals surface area contributed by atoms with Crippen molar-refractivity contribution >= 4 is 79.6 Å². The number of ether oxygens (including phenoxy) is 3. The number of methoxy groups -OCH3 is 1. The third kappa shape index (κ3) is 18.3. The molecule has 3 atom stereocenters. The summed E-state index contributed by atoms with van der Waals surface area (Å²) in [5.74, 6) is -2.65. The number of dihydropyridines is 1. The molecule has 0 fully saturated rings. The molecule has 1 aliphatic rings. The van der Waals surface area contributed by atoms with Gasteiger partial charge in [-0.2, -0.15) is 0 Å². The van der Waals surface area contributed by atoms with Gasteiger partial charge in [0.1, 0.15) is 17.5 Å². The number of rotatable bonds is 25. The van der Waals surface area contributed by atoms with Gasteiger partial charge in [-0.1, -0.05) is 117 Å². The van der Waals surface area contributed by atoms with Crippen LogP contribution in [0.1, 0.15) is 110 Å². The van der Waals surface area contributed by atoms with Crippen LogP contribution < -0.4 is 15.4 Å². The Hall–Kier alpha value is -9.95. The third-order valence-electron chi connectivity index (χ3n) is 16.5. The van der Waals surface area contributed by atoms with Crippen LogP contribution in [0.15, 0.2) is 162 Å². The van der Waals surface area contributed by atoms with E-state index >= 15 is 0 Å². The molecule has 0 bridgehead atoms. The summed E-state index contributed by atoms with van der Waals surface area (Å²) in [6.45, 7) is 13.1. The lowest BCUT2D eigenvalue weighted by molar-refractivity contribution is -0.140. The molecule has 1 unspecified atom stereocenters. The van der Waals surface area contributed by atoms with E-state index < -0.39 is 64.3 Å². The Labute approximate surface area is 585 Å². The summed E-state index contributed by atoms with van der Waals surface area (Å²) < 4.78 is 58.8. The number of aryl methyl sites for hydroxylation is 3. The summed E-state index contributed by atoms with van der Waals surface area (Å²) in [5, 5.41) is 41.9. The van der Waals surface area contributed by atoms with Crippen molar-refractivity contribution in [3.63, 3.8) is 0 Å². The van der Waals surface area contributed by atoms with Gasteiger partial charge in [0.05, 0.1) is 114 Å². The molecular weight excluding hydrogens is 1320 g/mol. The van der Waals surface area contributed by atoms with Crippen molar-refractivity contribution in [1.29, 1.82) is 0 Å². The number of aromatic carboxylic acids is 1. The van der Waals surface area contributed by atoms with Gasteiger partial charge < -0.3 is 54.8 Å². The first-order valence-corrected chi connectivity index (χ1v) is 34.6. The minimum atomic E-state index is -3.65. The molecule has 0 radical (unpaired) electrons. The van der Waals surface area contributed by atoms with E-state index in [4.69, 9.17) is 46.6 Å². The topological polar surface area (TPSA) is 314 Å². The van der Waals surface area contributed by atoms with Crippen molar-refractivity contribution in [2.24, 2.45) is 12.8 Å². The smallest absolute Gasteiger partial charge is 0.336 e. The molecule has 9 aromatic rings. The van der Waals surface area contributed by atoms with Crippen LogP contribution in [-0.2, 0) is 58.6 Å². The largest absolute Gasteiger partial charge is 0.481 e. The third-order valence-corrected chi connectivity index (χ3v) is 18.0. The molecule has 3 aromatic heterocycles. The first-order valence-electron chi connectivity index (χ1n) is 32.4. The van der Waals surface area contributed by atoms with Gasteiger partial charge in [-0.3, -0.25) is 4.79 Å². The Balaban J connectivity index is 0.000000194. The van der Waals surface area contributed by atoms with Gasteiger partial charge in [0.2, 0.25) is 16.0 Å². The number of hydrogen-bond acceptors (Lipinski definition) is 17. The van der Waals surface area contributed by atoms with Crippen LogP contribution in [0.25, 0.3) is 61.9 Å². The van der Waals surface area contributed by atoms with E-state index in [1.165, 1.54) is 50.6 Å². The number of carbonyl (C=O) groups is 4. The van der Waals surface area contributed by atoms with Crippen LogP contribution in [0.3, 0.4) is 0 Å². The number of benzene rings is 6. The van der Waals surface area contributed by atoms with Gasteiger partial charge in [-0.25, -0.2) is 51.4 Å².